The summed E-state index contributed by atoms with van der Waals surface area (Å²) in [6.45, 7) is 0. The molecule has 2 N–H and O–H groups in total. The van der Waals surface area contributed by atoms with Crippen LogP contribution in [0.15, 0.2) is 30.5 Å². The maximum atomic E-state index is 6.11. The fourth-order valence-electron chi connectivity index (χ4n) is 1.52. The van der Waals surface area contributed by atoms with Crippen LogP contribution in [-0.2, 0) is 6.42 Å². The number of benzene rings is 1. The van der Waals surface area contributed by atoms with Gasteiger partial charge in [-0.3, -0.25) is 0 Å². The number of nitrogens with zero attached hydrogens (tertiary/aromatic N) is 1. The van der Waals surface area contributed by atoms with E-state index in [1.54, 1.807) is 12.1 Å². The van der Waals surface area contributed by atoms with E-state index >= 15 is 0 Å². The summed E-state index contributed by atoms with van der Waals surface area (Å²) < 4.78 is 0. The Morgan fingerprint density at radius 1 is 1.12 bits per heavy atom. The van der Waals surface area contributed by atoms with Crippen molar-refractivity contribution in [2.45, 2.75) is 6.42 Å². The third-order valence-corrected chi connectivity index (χ3v) is 3.45. The Hall–Kier alpha value is -0.960. The summed E-state index contributed by atoms with van der Waals surface area (Å²) in [6.07, 6.45) is 2.07. The molecule has 0 fully saturated rings. The second-order valence-electron chi connectivity index (χ2n) is 3.59. The zero-order valence-corrected chi connectivity index (χ0v) is 11.0. The van der Waals surface area contributed by atoms with Crippen LogP contribution in [0.5, 0.6) is 0 Å². The molecule has 0 unspecified atom stereocenters. The van der Waals surface area contributed by atoms with E-state index in [1.165, 1.54) is 6.20 Å². The number of nitrogen functional groups attached to an aromatic ring is 1. The van der Waals surface area contributed by atoms with E-state index in [0.717, 1.165) is 11.1 Å². The van der Waals surface area contributed by atoms with Crippen LogP contribution < -0.4 is 5.73 Å². The van der Waals surface area contributed by atoms with Crippen LogP contribution in [0.4, 0.5) is 5.82 Å². The molecule has 0 aliphatic rings. The minimum Gasteiger partial charge on any atom is -0.383 e. The van der Waals surface area contributed by atoms with Gasteiger partial charge in [-0.1, -0.05) is 46.9 Å². The van der Waals surface area contributed by atoms with Crippen LogP contribution in [-0.4, -0.2) is 4.98 Å². The number of aromatic nitrogens is 1. The summed E-state index contributed by atoms with van der Waals surface area (Å²) in [4.78, 5) is 4.00. The third kappa shape index (κ3) is 2.83. The number of rotatable bonds is 2. The number of anilines is 1. The van der Waals surface area contributed by atoms with Gasteiger partial charge in [0.1, 0.15) is 5.82 Å². The first kappa shape index (κ1) is 12.5. The van der Waals surface area contributed by atoms with E-state index < -0.39 is 0 Å². The van der Waals surface area contributed by atoms with Gasteiger partial charge in [-0.05, 0) is 17.7 Å². The molecule has 2 rings (SSSR count). The average molecular weight is 288 g/mol. The summed E-state index contributed by atoms with van der Waals surface area (Å²) in [5.74, 6) is 0.449. The van der Waals surface area contributed by atoms with Gasteiger partial charge in [0.2, 0.25) is 0 Å². The van der Waals surface area contributed by atoms with E-state index in [2.05, 4.69) is 4.98 Å². The first-order valence-electron chi connectivity index (χ1n) is 4.90. The highest BCUT2D eigenvalue weighted by atomic mass is 35.5. The molecule has 2 aromatic rings. The molecule has 17 heavy (non-hydrogen) atoms. The molecule has 0 saturated carbocycles. The van der Waals surface area contributed by atoms with Crippen LogP contribution in [0.1, 0.15) is 11.1 Å². The van der Waals surface area contributed by atoms with E-state index in [4.69, 9.17) is 40.5 Å². The molecule has 0 bridgehead atoms. The SMILES string of the molecule is Nc1ncc(Cl)cc1Cc1cccc(Cl)c1Cl. The number of nitrogens with two attached hydrogens (primary N) is 1. The van der Waals surface area contributed by atoms with Crippen molar-refractivity contribution in [3.05, 3.63) is 56.7 Å². The molecular formula is C12H9Cl3N2. The third-order valence-electron chi connectivity index (χ3n) is 2.38. The molecule has 5 heteroatoms. The number of hydrogen-bond acceptors (Lipinski definition) is 2. The van der Waals surface area contributed by atoms with Crippen LogP contribution >= 0.6 is 34.8 Å². The van der Waals surface area contributed by atoms with Gasteiger partial charge in [0.25, 0.3) is 0 Å². The molecule has 0 aliphatic carbocycles. The van der Waals surface area contributed by atoms with E-state index in [-0.39, 0.29) is 0 Å². The molecule has 0 spiro atoms. The fourth-order valence-corrected chi connectivity index (χ4v) is 2.09. The van der Waals surface area contributed by atoms with Gasteiger partial charge in [0, 0.05) is 18.2 Å². The van der Waals surface area contributed by atoms with Crippen molar-refractivity contribution < 1.29 is 0 Å². The summed E-state index contributed by atoms with van der Waals surface area (Å²) in [5.41, 5.74) is 7.51. The van der Waals surface area contributed by atoms with Crippen LogP contribution in [0.25, 0.3) is 0 Å². The van der Waals surface area contributed by atoms with Gasteiger partial charge >= 0.3 is 0 Å². The standard InChI is InChI=1S/C12H9Cl3N2/c13-9-5-8(12(16)17-6-9)4-7-2-1-3-10(14)11(7)15/h1-3,5-6H,4H2,(H2,16,17). The van der Waals surface area contributed by atoms with Crippen molar-refractivity contribution in [3.63, 3.8) is 0 Å². The maximum absolute atomic E-state index is 6.11. The minimum atomic E-state index is 0.449. The van der Waals surface area contributed by atoms with E-state index in [1.807, 2.05) is 12.1 Å². The van der Waals surface area contributed by atoms with Crippen molar-refractivity contribution in [2.75, 3.05) is 5.73 Å². The van der Waals surface area contributed by atoms with Gasteiger partial charge in [-0.25, -0.2) is 4.98 Å². The summed E-state index contributed by atoms with van der Waals surface area (Å²) in [5, 5.41) is 1.61. The van der Waals surface area contributed by atoms with E-state index in [0.29, 0.717) is 27.3 Å². The van der Waals surface area contributed by atoms with Crippen LogP contribution in [0.3, 0.4) is 0 Å². The lowest BCUT2D eigenvalue weighted by atomic mass is 10.1. The Labute approximate surface area is 114 Å². The van der Waals surface area contributed by atoms with Gasteiger partial charge in [0.05, 0.1) is 15.1 Å². The second-order valence-corrected chi connectivity index (χ2v) is 4.81. The molecule has 1 heterocycles. The Kier molecular flexibility index (Phi) is 3.77. The lowest BCUT2D eigenvalue weighted by molar-refractivity contribution is 1.15. The number of halogens is 3. The predicted octanol–water partition coefficient (Wildman–Crippen LogP) is 4.21. The van der Waals surface area contributed by atoms with Gasteiger partial charge in [-0.15, -0.1) is 0 Å². The zero-order chi connectivity index (χ0) is 12.4. The maximum Gasteiger partial charge on any atom is 0.126 e. The van der Waals surface area contributed by atoms with Gasteiger partial charge in [0.15, 0.2) is 0 Å². The van der Waals surface area contributed by atoms with Crippen LogP contribution in [0, 0.1) is 0 Å². The number of pyridine rings is 1. The van der Waals surface area contributed by atoms with E-state index in [9.17, 15) is 0 Å². The molecule has 88 valence electrons. The Balaban J connectivity index is 2.38. The monoisotopic (exact) mass is 286 g/mol. The highest BCUT2D eigenvalue weighted by molar-refractivity contribution is 6.42. The van der Waals surface area contributed by atoms with Crippen molar-refractivity contribution in [3.8, 4) is 0 Å². The van der Waals surface area contributed by atoms with Crippen molar-refractivity contribution >= 4 is 40.6 Å². The molecular weight excluding hydrogens is 279 g/mol. The minimum absolute atomic E-state index is 0.449. The van der Waals surface area contributed by atoms with Gasteiger partial charge < -0.3 is 5.73 Å². The summed E-state index contributed by atoms with van der Waals surface area (Å²) in [6, 6.07) is 7.26. The molecule has 2 nitrogen and oxygen atoms in total. The Morgan fingerprint density at radius 3 is 2.65 bits per heavy atom. The second kappa shape index (κ2) is 5.13. The first-order chi connectivity index (χ1) is 8.08. The number of hydrogen-bond donors (Lipinski definition) is 1. The highest BCUT2D eigenvalue weighted by Gasteiger charge is 2.08. The Morgan fingerprint density at radius 2 is 1.88 bits per heavy atom. The first-order valence-corrected chi connectivity index (χ1v) is 6.04. The van der Waals surface area contributed by atoms with Crippen molar-refractivity contribution in [2.24, 2.45) is 0 Å². The quantitative estimate of drug-likeness (QED) is 0.898. The molecule has 0 saturated heterocycles. The summed E-state index contributed by atoms with van der Waals surface area (Å²) in [7, 11) is 0. The lowest BCUT2D eigenvalue weighted by Crippen LogP contribution is -1.99. The van der Waals surface area contributed by atoms with Crippen molar-refractivity contribution in [1.82, 2.24) is 4.98 Å². The topological polar surface area (TPSA) is 38.9 Å². The highest BCUT2D eigenvalue weighted by Crippen LogP contribution is 2.28. The molecule has 1 aromatic carbocycles. The fraction of sp³-hybridized carbons (Fsp3) is 0.0833. The normalized spacial score (nSPS) is 10.5. The molecule has 0 aliphatic heterocycles. The smallest absolute Gasteiger partial charge is 0.126 e. The zero-order valence-electron chi connectivity index (χ0n) is 8.75. The Bertz CT molecular complexity index is 555. The molecule has 0 atom stereocenters. The van der Waals surface area contributed by atoms with Crippen molar-refractivity contribution in [1.29, 1.82) is 0 Å². The molecule has 1 aromatic heterocycles. The largest absolute Gasteiger partial charge is 0.383 e. The lowest BCUT2D eigenvalue weighted by Gasteiger charge is -2.08. The average Bonchev–Trinajstić information content (AvgIpc) is 2.30. The molecule has 0 amide bonds. The predicted molar refractivity (Wildman–Crippen MR) is 72.9 cm³/mol. The molecule has 0 radical (unpaired) electrons. The van der Waals surface area contributed by atoms with Crippen LogP contribution in [0.2, 0.25) is 15.1 Å². The van der Waals surface area contributed by atoms with Gasteiger partial charge in [-0.2, -0.15) is 0 Å². The summed E-state index contributed by atoms with van der Waals surface area (Å²) >= 11 is 17.9.